The Bertz CT molecular complexity index is 448. The summed E-state index contributed by atoms with van der Waals surface area (Å²) in [5, 5.41) is 3.08. The van der Waals surface area contributed by atoms with Crippen LogP contribution in [-0.2, 0) is 4.79 Å². The molecule has 5 nitrogen and oxygen atoms in total. The molecule has 1 amide bonds. The minimum Gasteiger partial charge on any atom is -0.345 e. The van der Waals surface area contributed by atoms with E-state index >= 15 is 0 Å². The summed E-state index contributed by atoms with van der Waals surface area (Å²) in [5.74, 6) is 1.24. The Kier molecular flexibility index (Phi) is 4.75. The van der Waals surface area contributed by atoms with Gasteiger partial charge in [-0.25, -0.2) is 4.98 Å². The van der Waals surface area contributed by atoms with E-state index < -0.39 is 0 Å². The normalized spacial score (nSPS) is 26.9. The number of nitrogens with two attached hydrogens (primary N) is 1. The third-order valence-electron chi connectivity index (χ3n) is 4.81. The predicted octanol–water partition coefficient (Wildman–Crippen LogP) is 1.56. The summed E-state index contributed by atoms with van der Waals surface area (Å²) >= 11 is 1.67. The van der Waals surface area contributed by atoms with E-state index in [1.807, 2.05) is 11.6 Å². The van der Waals surface area contributed by atoms with E-state index in [-0.39, 0.29) is 5.92 Å². The molecule has 1 aromatic rings. The van der Waals surface area contributed by atoms with Crippen LogP contribution in [0.25, 0.3) is 0 Å². The largest absolute Gasteiger partial charge is 0.345 e. The van der Waals surface area contributed by atoms with Gasteiger partial charge in [-0.1, -0.05) is 0 Å². The molecule has 0 spiro atoms. The second kappa shape index (κ2) is 6.75. The van der Waals surface area contributed by atoms with Gasteiger partial charge in [-0.15, -0.1) is 11.3 Å². The van der Waals surface area contributed by atoms with Crippen molar-refractivity contribution in [2.45, 2.75) is 25.7 Å². The number of carbonyl (C=O) groups is 1. The lowest BCUT2D eigenvalue weighted by molar-refractivity contribution is -0.137. The lowest BCUT2D eigenvalue weighted by atomic mass is 9.81. The first-order valence-corrected chi connectivity index (χ1v) is 8.79. The fourth-order valence-corrected chi connectivity index (χ4v) is 4.09. The Morgan fingerprint density at radius 2 is 1.95 bits per heavy atom. The highest BCUT2D eigenvalue weighted by atomic mass is 32.1. The van der Waals surface area contributed by atoms with Crippen molar-refractivity contribution in [1.82, 2.24) is 9.88 Å². The zero-order chi connectivity index (χ0) is 14.7. The van der Waals surface area contributed by atoms with Crippen molar-refractivity contribution in [3.63, 3.8) is 0 Å². The topological polar surface area (TPSA) is 62.5 Å². The van der Waals surface area contributed by atoms with Gasteiger partial charge in [-0.2, -0.15) is 0 Å². The molecule has 6 heteroatoms. The maximum Gasteiger partial charge on any atom is 0.225 e. The molecule has 0 unspecified atom stereocenters. The van der Waals surface area contributed by atoms with E-state index in [0.717, 1.165) is 63.5 Å². The monoisotopic (exact) mass is 308 g/mol. The summed E-state index contributed by atoms with van der Waals surface area (Å²) in [6, 6.07) is 0. The second-order valence-corrected chi connectivity index (χ2v) is 6.95. The smallest absolute Gasteiger partial charge is 0.225 e. The van der Waals surface area contributed by atoms with Crippen LogP contribution in [0.15, 0.2) is 11.6 Å². The summed E-state index contributed by atoms with van der Waals surface area (Å²) in [7, 11) is 0. The number of nitrogens with zero attached hydrogens (tertiary/aromatic N) is 3. The van der Waals surface area contributed by atoms with Crippen molar-refractivity contribution in [1.29, 1.82) is 0 Å². The molecule has 2 aliphatic rings. The van der Waals surface area contributed by atoms with Gasteiger partial charge in [0.15, 0.2) is 5.13 Å². The molecule has 1 aromatic heterocycles. The van der Waals surface area contributed by atoms with Gasteiger partial charge in [-0.3, -0.25) is 4.79 Å². The number of hydrogen-bond donors (Lipinski definition) is 1. The van der Waals surface area contributed by atoms with Gasteiger partial charge in [-0.05, 0) is 38.1 Å². The van der Waals surface area contributed by atoms with Crippen molar-refractivity contribution in [2.24, 2.45) is 17.6 Å². The van der Waals surface area contributed by atoms with Crippen LogP contribution < -0.4 is 10.6 Å². The lowest BCUT2D eigenvalue weighted by Crippen LogP contribution is -2.50. The first kappa shape index (κ1) is 14.8. The van der Waals surface area contributed by atoms with Gasteiger partial charge in [0.2, 0.25) is 5.91 Å². The van der Waals surface area contributed by atoms with Crippen LogP contribution in [-0.4, -0.2) is 48.5 Å². The van der Waals surface area contributed by atoms with E-state index in [2.05, 4.69) is 14.8 Å². The average molecular weight is 308 g/mol. The Labute approximate surface area is 130 Å². The standard InChI is InChI=1S/C15H24N4OS/c16-11-12-1-3-13(4-2-12)14(20)18-6-8-19(9-7-18)15-17-5-10-21-15/h5,10,12-13H,1-4,6-9,11,16H2. The quantitative estimate of drug-likeness (QED) is 0.920. The average Bonchev–Trinajstić information content (AvgIpc) is 3.09. The van der Waals surface area contributed by atoms with Crippen LogP contribution >= 0.6 is 11.3 Å². The molecular formula is C15H24N4OS. The number of thiazole rings is 1. The first-order chi connectivity index (χ1) is 10.3. The van der Waals surface area contributed by atoms with Gasteiger partial charge in [0.25, 0.3) is 0 Å². The van der Waals surface area contributed by atoms with E-state index in [1.54, 1.807) is 11.3 Å². The summed E-state index contributed by atoms with van der Waals surface area (Å²) in [4.78, 5) is 21.3. The molecule has 0 radical (unpaired) electrons. The molecule has 1 aliphatic carbocycles. The molecule has 1 aliphatic heterocycles. The van der Waals surface area contributed by atoms with Crippen LogP contribution in [0.4, 0.5) is 5.13 Å². The van der Waals surface area contributed by atoms with Crippen molar-refractivity contribution in [2.75, 3.05) is 37.6 Å². The van der Waals surface area contributed by atoms with Crippen molar-refractivity contribution >= 4 is 22.4 Å². The SMILES string of the molecule is NCC1CCC(C(=O)N2CCN(c3nccs3)CC2)CC1. The summed E-state index contributed by atoms with van der Waals surface area (Å²) in [5.41, 5.74) is 5.72. The van der Waals surface area contributed by atoms with Gasteiger partial charge >= 0.3 is 0 Å². The molecule has 3 rings (SSSR count). The molecule has 0 aromatic carbocycles. The molecule has 0 bridgehead atoms. The number of anilines is 1. The van der Waals surface area contributed by atoms with E-state index in [1.165, 1.54) is 0 Å². The van der Waals surface area contributed by atoms with Gasteiger partial charge in [0.1, 0.15) is 0 Å². The molecule has 0 atom stereocenters. The number of piperazine rings is 1. The summed E-state index contributed by atoms with van der Waals surface area (Å²) in [6.45, 7) is 4.23. The number of hydrogen-bond acceptors (Lipinski definition) is 5. The summed E-state index contributed by atoms with van der Waals surface area (Å²) in [6.07, 6.45) is 6.12. The molecule has 116 valence electrons. The van der Waals surface area contributed by atoms with Gasteiger partial charge in [0, 0.05) is 43.7 Å². The maximum absolute atomic E-state index is 12.6. The van der Waals surface area contributed by atoms with Gasteiger partial charge in [0.05, 0.1) is 0 Å². The fourth-order valence-electron chi connectivity index (χ4n) is 3.39. The zero-order valence-corrected chi connectivity index (χ0v) is 13.2. The highest BCUT2D eigenvalue weighted by molar-refractivity contribution is 7.13. The molecule has 1 saturated carbocycles. The highest BCUT2D eigenvalue weighted by Gasteiger charge is 2.30. The first-order valence-electron chi connectivity index (χ1n) is 7.91. The zero-order valence-electron chi connectivity index (χ0n) is 12.4. The fraction of sp³-hybridized carbons (Fsp3) is 0.733. The molecule has 1 saturated heterocycles. The van der Waals surface area contributed by atoms with E-state index in [9.17, 15) is 4.79 Å². The van der Waals surface area contributed by atoms with E-state index in [4.69, 9.17) is 5.73 Å². The molecule has 2 N–H and O–H groups in total. The number of carbonyl (C=O) groups excluding carboxylic acids is 1. The van der Waals surface area contributed by atoms with Crippen LogP contribution in [0, 0.1) is 11.8 Å². The molecule has 2 fully saturated rings. The third kappa shape index (κ3) is 3.37. The Morgan fingerprint density at radius 1 is 1.24 bits per heavy atom. The van der Waals surface area contributed by atoms with Crippen LogP contribution in [0.1, 0.15) is 25.7 Å². The minimum absolute atomic E-state index is 0.235. The lowest BCUT2D eigenvalue weighted by Gasteiger charge is -2.37. The van der Waals surface area contributed by atoms with E-state index in [0.29, 0.717) is 11.8 Å². The molecular weight excluding hydrogens is 284 g/mol. The number of rotatable bonds is 3. The highest BCUT2D eigenvalue weighted by Crippen LogP contribution is 2.30. The van der Waals surface area contributed by atoms with Crippen LogP contribution in [0.5, 0.6) is 0 Å². The second-order valence-electron chi connectivity index (χ2n) is 6.08. The number of amides is 1. The van der Waals surface area contributed by atoms with Crippen molar-refractivity contribution < 1.29 is 4.79 Å². The molecule has 2 heterocycles. The summed E-state index contributed by atoms with van der Waals surface area (Å²) < 4.78 is 0. The van der Waals surface area contributed by atoms with Crippen molar-refractivity contribution in [3.05, 3.63) is 11.6 Å². The van der Waals surface area contributed by atoms with Crippen molar-refractivity contribution in [3.8, 4) is 0 Å². The third-order valence-corrected chi connectivity index (χ3v) is 5.64. The van der Waals surface area contributed by atoms with Crippen LogP contribution in [0.3, 0.4) is 0 Å². The molecule has 21 heavy (non-hydrogen) atoms. The number of aromatic nitrogens is 1. The van der Waals surface area contributed by atoms with Crippen LogP contribution in [0.2, 0.25) is 0 Å². The Balaban J connectivity index is 1.49. The Morgan fingerprint density at radius 3 is 2.52 bits per heavy atom. The van der Waals surface area contributed by atoms with Gasteiger partial charge < -0.3 is 15.5 Å². The minimum atomic E-state index is 0.235. The Hall–Kier alpha value is -1.14. The maximum atomic E-state index is 12.6. The predicted molar refractivity (Wildman–Crippen MR) is 85.4 cm³/mol.